The first-order valence-corrected chi connectivity index (χ1v) is 12.7. The Morgan fingerprint density at radius 3 is 2.26 bits per heavy atom. The van der Waals surface area contributed by atoms with Crippen LogP contribution in [0.5, 0.6) is 11.5 Å². The van der Waals surface area contributed by atoms with Crippen LogP contribution in [0.25, 0.3) is 5.69 Å². The third kappa shape index (κ3) is 6.04. The van der Waals surface area contributed by atoms with Crippen molar-refractivity contribution in [2.75, 3.05) is 5.32 Å². The number of anilines is 1. The van der Waals surface area contributed by atoms with Crippen LogP contribution in [0, 0.1) is 19.7 Å². The molecule has 5 aromatic rings. The van der Waals surface area contributed by atoms with Gasteiger partial charge in [0, 0.05) is 22.8 Å². The fourth-order valence-electron chi connectivity index (χ4n) is 3.71. The van der Waals surface area contributed by atoms with E-state index in [2.05, 4.69) is 25.6 Å². The van der Waals surface area contributed by atoms with E-state index in [1.54, 1.807) is 36.4 Å². The van der Waals surface area contributed by atoms with Crippen LogP contribution in [0.2, 0.25) is 0 Å². The summed E-state index contributed by atoms with van der Waals surface area (Å²) in [6, 6.07) is 24.2. The van der Waals surface area contributed by atoms with Gasteiger partial charge in [0.25, 0.3) is 5.91 Å². The summed E-state index contributed by atoms with van der Waals surface area (Å²) in [5, 5.41) is 11.8. The topological polar surface area (TPSA) is 94.8 Å². The summed E-state index contributed by atoms with van der Waals surface area (Å²) in [5.41, 5.74) is 3.53. The second-order valence-electron chi connectivity index (χ2n) is 8.39. The first-order chi connectivity index (χ1) is 18.4. The first kappa shape index (κ1) is 25.1. The normalized spacial score (nSPS) is 10.8. The van der Waals surface area contributed by atoms with E-state index in [9.17, 15) is 9.18 Å². The number of aromatic nitrogens is 5. The predicted molar refractivity (Wildman–Crippen MR) is 143 cm³/mol. The fourth-order valence-corrected chi connectivity index (χ4v) is 4.65. The van der Waals surface area contributed by atoms with Gasteiger partial charge in [-0.05, 0) is 80.6 Å². The highest BCUT2D eigenvalue weighted by molar-refractivity contribution is 7.98. The van der Waals surface area contributed by atoms with Gasteiger partial charge in [-0.2, -0.15) is 0 Å². The van der Waals surface area contributed by atoms with Crippen LogP contribution in [-0.2, 0) is 5.75 Å². The molecular weight excluding hydrogens is 503 g/mol. The van der Waals surface area contributed by atoms with E-state index in [-0.39, 0.29) is 11.5 Å². The molecule has 3 aromatic carbocycles. The zero-order valence-electron chi connectivity index (χ0n) is 20.6. The Morgan fingerprint density at radius 2 is 1.58 bits per heavy atom. The maximum Gasteiger partial charge on any atom is 0.278 e. The Labute approximate surface area is 222 Å². The molecule has 0 fully saturated rings. The smallest absolute Gasteiger partial charge is 0.278 e. The third-order valence-electron chi connectivity index (χ3n) is 5.44. The lowest BCUT2D eigenvalue weighted by Crippen LogP contribution is -2.15. The molecule has 0 bridgehead atoms. The maximum absolute atomic E-state index is 13.5. The lowest BCUT2D eigenvalue weighted by atomic mass is 10.2. The number of ether oxygens (including phenoxy) is 1. The van der Waals surface area contributed by atoms with E-state index in [4.69, 9.17) is 4.74 Å². The van der Waals surface area contributed by atoms with Gasteiger partial charge < -0.3 is 10.1 Å². The predicted octanol–water partition coefficient (Wildman–Crippen LogP) is 6.15. The second-order valence-corrected chi connectivity index (χ2v) is 9.33. The van der Waals surface area contributed by atoms with Crippen molar-refractivity contribution >= 4 is 23.4 Å². The number of amides is 1. The molecule has 190 valence electrons. The zero-order valence-corrected chi connectivity index (χ0v) is 21.4. The quantitative estimate of drug-likeness (QED) is 0.191. The van der Waals surface area contributed by atoms with Gasteiger partial charge in [-0.15, -0.1) is 5.10 Å². The van der Waals surface area contributed by atoms with Gasteiger partial charge in [-0.3, -0.25) is 4.79 Å². The average molecular weight is 527 g/mol. The minimum atomic E-state index is -0.424. The van der Waals surface area contributed by atoms with E-state index < -0.39 is 5.91 Å². The third-order valence-corrected chi connectivity index (χ3v) is 6.30. The van der Waals surface area contributed by atoms with Crippen LogP contribution in [0.1, 0.15) is 27.6 Å². The largest absolute Gasteiger partial charge is 0.457 e. The van der Waals surface area contributed by atoms with Crippen molar-refractivity contribution in [3.63, 3.8) is 0 Å². The van der Waals surface area contributed by atoms with Crippen molar-refractivity contribution in [2.24, 2.45) is 0 Å². The van der Waals surface area contributed by atoms with Crippen molar-refractivity contribution in [1.29, 1.82) is 0 Å². The number of halogens is 1. The van der Waals surface area contributed by atoms with E-state index >= 15 is 0 Å². The molecule has 0 atom stereocenters. The number of para-hydroxylation sites is 1. The molecule has 0 radical (unpaired) electrons. The van der Waals surface area contributed by atoms with Crippen LogP contribution in [0.15, 0.2) is 90.1 Å². The highest BCUT2D eigenvalue weighted by Gasteiger charge is 2.22. The number of hydrogen-bond acceptors (Lipinski definition) is 7. The van der Waals surface area contributed by atoms with Crippen LogP contribution in [-0.4, -0.2) is 30.9 Å². The zero-order chi connectivity index (χ0) is 26.5. The number of carbonyl (C=O) groups is 1. The second kappa shape index (κ2) is 11.2. The van der Waals surface area contributed by atoms with E-state index in [0.29, 0.717) is 33.7 Å². The molecule has 38 heavy (non-hydrogen) atoms. The van der Waals surface area contributed by atoms with Crippen molar-refractivity contribution in [2.45, 2.75) is 24.8 Å². The van der Waals surface area contributed by atoms with Gasteiger partial charge in [0.1, 0.15) is 17.3 Å². The molecule has 0 saturated heterocycles. The Morgan fingerprint density at radius 1 is 0.921 bits per heavy atom. The number of hydrogen-bond donors (Lipinski definition) is 1. The van der Waals surface area contributed by atoms with Gasteiger partial charge in [0.05, 0.1) is 11.4 Å². The first-order valence-electron chi connectivity index (χ1n) is 11.7. The summed E-state index contributed by atoms with van der Waals surface area (Å²) in [5.74, 6) is 0.886. The summed E-state index contributed by atoms with van der Waals surface area (Å²) in [4.78, 5) is 22.2. The Hall–Kier alpha value is -4.57. The monoisotopic (exact) mass is 526 g/mol. The molecule has 2 aromatic heterocycles. The number of nitrogens with one attached hydrogen (secondary N) is 1. The Kier molecular flexibility index (Phi) is 7.41. The van der Waals surface area contributed by atoms with Crippen LogP contribution in [0.3, 0.4) is 0 Å². The minimum absolute atomic E-state index is 0.149. The molecule has 5 rings (SSSR count). The number of carbonyl (C=O) groups excluding carboxylic acids is 1. The van der Waals surface area contributed by atoms with Gasteiger partial charge in [0.15, 0.2) is 10.9 Å². The summed E-state index contributed by atoms with van der Waals surface area (Å²) in [6.07, 6.45) is 0. The van der Waals surface area contributed by atoms with E-state index in [0.717, 1.165) is 17.1 Å². The Bertz CT molecular complexity index is 1540. The molecule has 0 unspecified atom stereocenters. The SMILES string of the molecule is Cc1cc(C)nc(SCc2c(C(=O)Nc3ccc(Oc4ccccc4)cc3)nnn2-c2ccc(F)cc2)n1. The average Bonchev–Trinajstić information content (AvgIpc) is 3.33. The number of thioether (sulfide) groups is 1. The lowest BCUT2D eigenvalue weighted by molar-refractivity contribution is 0.102. The summed E-state index contributed by atoms with van der Waals surface area (Å²) in [6.45, 7) is 3.80. The highest BCUT2D eigenvalue weighted by Crippen LogP contribution is 2.26. The van der Waals surface area contributed by atoms with Crippen LogP contribution >= 0.6 is 11.8 Å². The van der Waals surface area contributed by atoms with Gasteiger partial charge >= 0.3 is 0 Å². The number of rotatable bonds is 8. The van der Waals surface area contributed by atoms with E-state index in [1.807, 2.05) is 50.2 Å². The highest BCUT2D eigenvalue weighted by atomic mass is 32.2. The lowest BCUT2D eigenvalue weighted by Gasteiger charge is -2.10. The van der Waals surface area contributed by atoms with Crippen LogP contribution < -0.4 is 10.1 Å². The summed E-state index contributed by atoms with van der Waals surface area (Å²) in [7, 11) is 0. The van der Waals surface area contributed by atoms with Gasteiger partial charge in [-0.25, -0.2) is 19.0 Å². The van der Waals surface area contributed by atoms with Crippen LogP contribution in [0.4, 0.5) is 10.1 Å². The van der Waals surface area contributed by atoms with Crippen molar-refractivity contribution < 1.29 is 13.9 Å². The number of nitrogens with zero attached hydrogens (tertiary/aromatic N) is 5. The molecule has 10 heteroatoms. The Balaban J connectivity index is 1.38. The van der Waals surface area contributed by atoms with Gasteiger partial charge in [0.2, 0.25) is 0 Å². The van der Waals surface area contributed by atoms with Crippen molar-refractivity contribution in [3.8, 4) is 17.2 Å². The van der Waals surface area contributed by atoms with E-state index in [1.165, 1.54) is 28.6 Å². The van der Waals surface area contributed by atoms with Gasteiger partial charge in [-0.1, -0.05) is 35.2 Å². The molecule has 0 aliphatic heterocycles. The molecule has 1 N–H and O–H groups in total. The molecule has 0 spiro atoms. The van der Waals surface area contributed by atoms with Crippen molar-refractivity contribution in [1.82, 2.24) is 25.0 Å². The standard InChI is InChI=1S/C28H23FN6O2S/c1-18-16-19(2)31-28(30-18)38-17-25-26(33-34-35(25)22-12-8-20(29)9-13-22)27(36)32-21-10-14-24(15-11-21)37-23-6-4-3-5-7-23/h3-16H,17H2,1-2H3,(H,32,36). The number of aryl methyl sites for hydroxylation is 2. The summed E-state index contributed by atoms with van der Waals surface area (Å²) < 4.78 is 20.9. The molecule has 0 saturated carbocycles. The number of benzene rings is 3. The minimum Gasteiger partial charge on any atom is -0.457 e. The molecular formula is C28H23FN6O2S. The maximum atomic E-state index is 13.5. The molecule has 0 aliphatic carbocycles. The molecule has 8 nitrogen and oxygen atoms in total. The summed E-state index contributed by atoms with van der Waals surface area (Å²) >= 11 is 1.37. The fraction of sp³-hybridized carbons (Fsp3) is 0.107. The van der Waals surface area contributed by atoms with Crippen molar-refractivity contribution in [3.05, 3.63) is 114 Å². The molecule has 2 heterocycles. The molecule has 0 aliphatic rings. The molecule has 1 amide bonds.